The molecule has 0 atom stereocenters. The lowest BCUT2D eigenvalue weighted by Gasteiger charge is -2.30. The minimum absolute atomic E-state index is 0.0160. The Bertz CT molecular complexity index is 1450. The molecule has 0 fully saturated rings. The van der Waals surface area contributed by atoms with E-state index in [1.807, 2.05) is 20.2 Å². The fourth-order valence-electron chi connectivity index (χ4n) is 3.95. The second-order valence-corrected chi connectivity index (χ2v) is 9.12. The molecule has 0 radical (unpaired) electrons. The first-order valence-electron chi connectivity index (χ1n) is 10.2. The number of halogens is 4. The molecule has 172 valence electrons. The van der Waals surface area contributed by atoms with Crippen LogP contribution in [0.4, 0.5) is 13.2 Å². The molecule has 33 heavy (non-hydrogen) atoms. The lowest BCUT2D eigenvalue weighted by molar-refractivity contribution is -0.180. The zero-order valence-electron chi connectivity index (χ0n) is 18.7. The molecule has 1 N–H and O–H groups in total. The Labute approximate surface area is 193 Å². The van der Waals surface area contributed by atoms with Crippen molar-refractivity contribution in [3.63, 3.8) is 0 Å². The first-order valence-corrected chi connectivity index (χ1v) is 10.6. The number of alkyl halides is 3. The van der Waals surface area contributed by atoms with Crippen molar-refractivity contribution in [2.45, 2.75) is 39.3 Å². The second kappa shape index (κ2) is 7.73. The van der Waals surface area contributed by atoms with Crippen LogP contribution in [0.3, 0.4) is 0 Å². The van der Waals surface area contributed by atoms with Gasteiger partial charge in [-0.05, 0) is 51.0 Å². The molecule has 0 bridgehead atoms. The van der Waals surface area contributed by atoms with Crippen LogP contribution in [-0.2, 0) is 12.5 Å². The number of nitrogens with one attached hydrogen (secondary N) is 1. The van der Waals surface area contributed by atoms with Gasteiger partial charge in [-0.2, -0.15) is 13.2 Å². The van der Waals surface area contributed by atoms with Crippen molar-refractivity contribution in [3.8, 4) is 22.8 Å². The Morgan fingerprint density at radius 2 is 1.82 bits per heavy atom. The van der Waals surface area contributed by atoms with Gasteiger partial charge in [0.2, 0.25) is 0 Å². The maximum Gasteiger partial charge on any atom is 0.397 e. The number of aromatic nitrogens is 4. The number of benzene rings is 1. The normalized spacial score (nSPS) is 12.5. The van der Waals surface area contributed by atoms with Crippen LogP contribution in [0.1, 0.15) is 30.7 Å². The van der Waals surface area contributed by atoms with E-state index in [9.17, 15) is 18.0 Å². The molecule has 0 aliphatic heterocycles. The summed E-state index contributed by atoms with van der Waals surface area (Å²) in [5, 5.41) is 0.367. The number of aryl methyl sites for hydroxylation is 3. The van der Waals surface area contributed by atoms with E-state index in [0.717, 1.165) is 19.5 Å². The quantitative estimate of drug-likeness (QED) is 0.390. The fourth-order valence-corrected chi connectivity index (χ4v) is 4.35. The third-order valence-corrected chi connectivity index (χ3v) is 6.25. The summed E-state index contributed by atoms with van der Waals surface area (Å²) in [5.74, 6) is 0.564. The third-order valence-electron chi connectivity index (χ3n) is 5.94. The standard InChI is InChI=1S/C24H22ClF3N4O/c1-12-8-15(23(3,4)24(26,27)28)16(25)9-14(12)18-10-19(33)20-17(31-18)6-7-29-21(20)22-30-13(2)11-32(22)5/h6-11H,1-5H3,(H,31,33). The predicted octanol–water partition coefficient (Wildman–Crippen LogP) is 6.10. The maximum absolute atomic E-state index is 13.6. The average molecular weight is 475 g/mol. The van der Waals surface area contributed by atoms with Crippen molar-refractivity contribution in [1.29, 1.82) is 0 Å². The molecular weight excluding hydrogens is 453 g/mol. The largest absolute Gasteiger partial charge is 0.397 e. The van der Waals surface area contributed by atoms with Gasteiger partial charge < -0.3 is 9.55 Å². The van der Waals surface area contributed by atoms with Crippen molar-refractivity contribution < 1.29 is 13.2 Å². The third kappa shape index (κ3) is 3.82. The van der Waals surface area contributed by atoms with Crippen LogP contribution >= 0.6 is 11.6 Å². The molecule has 1 aromatic carbocycles. The molecule has 9 heteroatoms. The van der Waals surface area contributed by atoms with Crippen LogP contribution in [0.2, 0.25) is 5.02 Å². The van der Waals surface area contributed by atoms with Gasteiger partial charge in [0.05, 0.1) is 27.7 Å². The highest BCUT2D eigenvalue weighted by molar-refractivity contribution is 6.31. The molecule has 3 heterocycles. The summed E-state index contributed by atoms with van der Waals surface area (Å²) in [5.41, 5.74) is 0.942. The minimum atomic E-state index is -4.46. The van der Waals surface area contributed by atoms with Gasteiger partial charge in [-0.3, -0.25) is 9.78 Å². The summed E-state index contributed by atoms with van der Waals surface area (Å²) < 4.78 is 42.5. The van der Waals surface area contributed by atoms with Crippen LogP contribution in [0.15, 0.2) is 41.5 Å². The van der Waals surface area contributed by atoms with Crippen molar-refractivity contribution >= 4 is 22.5 Å². The molecule has 0 aliphatic rings. The number of hydrogen-bond acceptors (Lipinski definition) is 3. The molecule has 0 saturated carbocycles. The zero-order valence-corrected chi connectivity index (χ0v) is 19.5. The average Bonchev–Trinajstić information content (AvgIpc) is 3.05. The van der Waals surface area contributed by atoms with E-state index in [4.69, 9.17) is 11.6 Å². The van der Waals surface area contributed by atoms with E-state index < -0.39 is 11.6 Å². The Morgan fingerprint density at radius 1 is 1.12 bits per heavy atom. The van der Waals surface area contributed by atoms with Crippen molar-refractivity contribution in [1.82, 2.24) is 19.5 Å². The van der Waals surface area contributed by atoms with Gasteiger partial charge in [-0.25, -0.2) is 4.98 Å². The lowest BCUT2D eigenvalue weighted by atomic mass is 9.82. The molecule has 0 amide bonds. The first kappa shape index (κ1) is 23.0. The number of pyridine rings is 2. The van der Waals surface area contributed by atoms with Gasteiger partial charge in [0, 0.05) is 36.1 Å². The molecule has 4 rings (SSSR count). The van der Waals surface area contributed by atoms with Gasteiger partial charge in [0.15, 0.2) is 11.3 Å². The van der Waals surface area contributed by atoms with E-state index in [1.54, 1.807) is 23.8 Å². The molecule has 5 nitrogen and oxygen atoms in total. The Kier molecular flexibility index (Phi) is 5.40. The zero-order chi connectivity index (χ0) is 24.3. The Morgan fingerprint density at radius 3 is 2.42 bits per heavy atom. The molecule has 0 aliphatic carbocycles. The molecule has 0 unspecified atom stereocenters. The number of H-pyrrole nitrogens is 1. The number of nitrogens with zero attached hydrogens (tertiary/aromatic N) is 3. The topological polar surface area (TPSA) is 63.6 Å². The molecule has 0 spiro atoms. The van der Waals surface area contributed by atoms with Crippen molar-refractivity contribution in [3.05, 3.63) is 68.7 Å². The predicted molar refractivity (Wildman–Crippen MR) is 124 cm³/mol. The summed E-state index contributed by atoms with van der Waals surface area (Å²) >= 11 is 6.31. The number of imidazole rings is 1. The first-order chi connectivity index (χ1) is 15.3. The number of hydrogen-bond donors (Lipinski definition) is 1. The summed E-state index contributed by atoms with van der Waals surface area (Å²) in [6.07, 6.45) is -1.04. The van der Waals surface area contributed by atoms with Crippen LogP contribution in [0, 0.1) is 13.8 Å². The van der Waals surface area contributed by atoms with Crippen molar-refractivity contribution in [2.75, 3.05) is 0 Å². The summed E-state index contributed by atoms with van der Waals surface area (Å²) in [6, 6.07) is 6.00. The number of fused-ring (bicyclic) bond motifs is 1. The summed E-state index contributed by atoms with van der Waals surface area (Å²) in [4.78, 5) is 25.2. The van der Waals surface area contributed by atoms with E-state index in [0.29, 0.717) is 39.2 Å². The fraction of sp³-hybridized carbons (Fsp3) is 0.292. The van der Waals surface area contributed by atoms with Gasteiger partial charge in [-0.15, -0.1) is 0 Å². The molecule has 0 saturated heterocycles. The van der Waals surface area contributed by atoms with Crippen LogP contribution in [0.5, 0.6) is 0 Å². The lowest BCUT2D eigenvalue weighted by Crippen LogP contribution is -2.36. The summed E-state index contributed by atoms with van der Waals surface area (Å²) in [6.45, 7) is 5.74. The number of aromatic amines is 1. The van der Waals surface area contributed by atoms with E-state index >= 15 is 0 Å². The van der Waals surface area contributed by atoms with Gasteiger partial charge in [0.1, 0.15) is 5.69 Å². The SMILES string of the molecule is Cc1cn(C)c(-c2nccc3[nH]c(-c4cc(Cl)c(C(C)(C)C(F)(F)F)cc4C)cc(=O)c23)n1. The Balaban J connectivity index is 1.90. The molecule has 4 aromatic rings. The van der Waals surface area contributed by atoms with E-state index in [2.05, 4.69) is 15.0 Å². The van der Waals surface area contributed by atoms with Crippen molar-refractivity contribution in [2.24, 2.45) is 7.05 Å². The van der Waals surface area contributed by atoms with Crippen LogP contribution in [-0.4, -0.2) is 25.7 Å². The van der Waals surface area contributed by atoms with Crippen LogP contribution in [0.25, 0.3) is 33.7 Å². The van der Waals surface area contributed by atoms with E-state index in [1.165, 1.54) is 18.2 Å². The second-order valence-electron chi connectivity index (χ2n) is 8.72. The molecular formula is C24H22ClF3N4O. The highest BCUT2D eigenvalue weighted by Gasteiger charge is 2.49. The van der Waals surface area contributed by atoms with Gasteiger partial charge in [-0.1, -0.05) is 17.7 Å². The van der Waals surface area contributed by atoms with Crippen LogP contribution < -0.4 is 5.43 Å². The van der Waals surface area contributed by atoms with Gasteiger partial charge >= 0.3 is 6.18 Å². The maximum atomic E-state index is 13.6. The van der Waals surface area contributed by atoms with Gasteiger partial charge in [0.25, 0.3) is 0 Å². The minimum Gasteiger partial charge on any atom is -0.354 e. The van der Waals surface area contributed by atoms with E-state index in [-0.39, 0.29) is 16.0 Å². The summed E-state index contributed by atoms with van der Waals surface area (Å²) in [7, 11) is 1.83. The Hall–Kier alpha value is -3.13. The molecule has 3 aromatic heterocycles. The number of rotatable bonds is 3. The monoisotopic (exact) mass is 474 g/mol. The highest BCUT2D eigenvalue weighted by atomic mass is 35.5. The smallest absolute Gasteiger partial charge is 0.354 e. The highest BCUT2D eigenvalue weighted by Crippen LogP contribution is 2.44.